The van der Waals surface area contributed by atoms with Crippen LogP contribution in [0, 0.1) is 6.92 Å². The van der Waals surface area contributed by atoms with Gasteiger partial charge in [-0.25, -0.2) is 0 Å². The highest BCUT2D eigenvalue weighted by atomic mass is 16.5. The Kier molecular flexibility index (Phi) is 5.57. The second-order valence-electron chi connectivity index (χ2n) is 6.23. The fourth-order valence-electron chi connectivity index (χ4n) is 2.91. The summed E-state index contributed by atoms with van der Waals surface area (Å²) in [5.41, 5.74) is 9.05. The first-order chi connectivity index (χ1) is 11.8. The van der Waals surface area contributed by atoms with E-state index in [-0.39, 0.29) is 17.0 Å². The Morgan fingerprint density at radius 1 is 1.08 bits per heavy atom. The molecule has 0 aromatic heterocycles. The minimum absolute atomic E-state index is 0.218. The molecule has 0 atom stereocenters. The van der Waals surface area contributed by atoms with Gasteiger partial charge >= 0.3 is 0 Å². The minimum Gasteiger partial charge on any atom is -0.493 e. The molecular formula is C20H25NO4. The van der Waals surface area contributed by atoms with Crippen LogP contribution < -0.4 is 19.9 Å². The Bertz CT molecular complexity index is 797. The van der Waals surface area contributed by atoms with Crippen molar-refractivity contribution in [2.24, 2.45) is 0 Å². The molecule has 0 saturated carbocycles. The Balaban J connectivity index is 2.51. The molecule has 0 aliphatic rings. The third-order valence-corrected chi connectivity index (χ3v) is 4.12. The lowest BCUT2D eigenvalue weighted by Crippen LogP contribution is -2.07. The largest absolute Gasteiger partial charge is 0.493 e. The average Bonchev–Trinajstić information content (AvgIpc) is 2.55. The zero-order valence-corrected chi connectivity index (χ0v) is 15.6. The molecule has 0 aliphatic carbocycles. The average molecular weight is 343 g/mol. The summed E-state index contributed by atoms with van der Waals surface area (Å²) in [6, 6.07) is 7.52. The van der Waals surface area contributed by atoms with E-state index in [2.05, 4.69) is 13.8 Å². The number of carbonyl (C=O) groups is 1. The van der Waals surface area contributed by atoms with Gasteiger partial charge in [0, 0.05) is 6.07 Å². The molecule has 134 valence electrons. The van der Waals surface area contributed by atoms with E-state index in [1.165, 1.54) is 26.7 Å². The highest BCUT2D eigenvalue weighted by molar-refractivity contribution is 6.04. The summed E-state index contributed by atoms with van der Waals surface area (Å²) in [6.07, 6.45) is 0. The first-order valence-electron chi connectivity index (χ1n) is 8.13. The molecule has 2 N–H and O–H groups in total. The quantitative estimate of drug-likeness (QED) is 0.607. The van der Waals surface area contributed by atoms with Gasteiger partial charge in [0.2, 0.25) is 0 Å². The molecule has 0 aliphatic heterocycles. The Morgan fingerprint density at radius 2 is 1.76 bits per heavy atom. The van der Waals surface area contributed by atoms with Crippen molar-refractivity contribution in [2.45, 2.75) is 33.6 Å². The molecule has 0 heterocycles. The van der Waals surface area contributed by atoms with Crippen molar-refractivity contribution in [3.8, 4) is 23.0 Å². The van der Waals surface area contributed by atoms with E-state index in [9.17, 15) is 4.79 Å². The van der Waals surface area contributed by atoms with Gasteiger partial charge in [0.25, 0.3) is 0 Å². The van der Waals surface area contributed by atoms with E-state index in [1.807, 2.05) is 25.1 Å². The van der Waals surface area contributed by atoms with Crippen LogP contribution in [0.3, 0.4) is 0 Å². The first kappa shape index (κ1) is 18.6. The molecule has 0 spiro atoms. The van der Waals surface area contributed by atoms with E-state index in [0.717, 1.165) is 5.56 Å². The van der Waals surface area contributed by atoms with E-state index in [1.54, 1.807) is 6.07 Å². The maximum atomic E-state index is 12.0. The van der Waals surface area contributed by atoms with Crippen LogP contribution in [-0.2, 0) is 0 Å². The van der Waals surface area contributed by atoms with Crippen molar-refractivity contribution < 1.29 is 19.0 Å². The van der Waals surface area contributed by atoms with Gasteiger partial charge in [-0.3, -0.25) is 4.79 Å². The molecule has 2 rings (SSSR count). The number of anilines is 1. The standard InChI is InChI=1S/C20H25NO4/c1-11(2)15-8-7-14(9-12(15)3)25-16-10-17(23-5)20(24-6)18(13(4)22)19(16)21/h7-11H,21H2,1-6H3. The van der Waals surface area contributed by atoms with Crippen LogP contribution in [0.5, 0.6) is 23.0 Å². The molecule has 5 heteroatoms. The number of nitrogen functional groups attached to an aromatic ring is 1. The number of ether oxygens (including phenoxy) is 3. The summed E-state index contributed by atoms with van der Waals surface area (Å²) in [5, 5.41) is 0. The van der Waals surface area contributed by atoms with Gasteiger partial charge in [0.05, 0.1) is 25.5 Å². The molecule has 0 bridgehead atoms. The summed E-state index contributed by atoms with van der Waals surface area (Å²) >= 11 is 0. The normalized spacial score (nSPS) is 10.7. The third-order valence-electron chi connectivity index (χ3n) is 4.12. The molecule has 0 amide bonds. The number of hydrogen-bond donors (Lipinski definition) is 1. The van der Waals surface area contributed by atoms with Crippen LogP contribution in [0.1, 0.15) is 48.2 Å². The Labute approximate surface area is 148 Å². The second-order valence-corrected chi connectivity index (χ2v) is 6.23. The summed E-state index contributed by atoms with van der Waals surface area (Å²) < 4.78 is 16.6. The smallest absolute Gasteiger partial charge is 0.173 e. The Morgan fingerprint density at radius 3 is 2.24 bits per heavy atom. The van der Waals surface area contributed by atoms with Crippen molar-refractivity contribution >= 4 is 11.5 Å². The predicted octanol–water partition coefficient (Wildman–Crippen LogP) is 4.71. The molecule has 0 radical (unpaired) electrons. The van der Waals surface area contributed by atoms with Crippen molar-refractivity contribution in [3.05, 3.63) is 41.0 Å². The van der Waals surface area contributed by atoms with Gasteiger partial charge in [0.15, 0.2) is 23.0 Å². The van der Waals surface area contributed by atoms with Gasteiger partial charge < -0.3 is 19.9 Å². The highest BCUT2D eigenvalue weighted by Gasteiger charge is 2.22. The van der Waals surface area contributed by atoms with Crippen LogP contribution in [0.2, 0.25) is 0 Å². The maximum absolute atomic E-state index is 12.0. The van der Waals surface area contributed by atoms with Crippen LogP contribution in [0.4, 0.5) is 5.69 Å². The molecule has 2 aromatic rings. The zero-order valence-electron chi connectivity index (χ0n) is 15.6. The zero-order chi connectivity index (χ0) is 18.7. The number of ketones is 1. The summed E-state index contributed by atoms with van der Waals surface area (Å²) in [5.74, 6) is 1.93. The van der Waals surface area contributed by atoms with Crippen molar-refractivity contribution in [1.82, 2.24) is 0 Å². The van der Waals surface area contributed by atoms with Crippen molar-refractivity contribution in [1.29, 1.82) is 0 Å². The van der Waals surface area contributed by atoms with Crippen LogP contribution in [0.25, 0.3) is 0 Å². The monoisotopic (exact) mass is 343 g/mol. The van der Waals surface area contributed by atoms with E-state index in [0.29, 0.717) is 28.9 Å². The van der Waals surface area contributed by atoms with Gasteiger partial charge in [-0.05, 0) is 43.0 Å². The van der Waals surface area contributed by atoms with Gasteiger partial charge in [-0.15, -0.1) is 0 Å². The van der Waals surface area contributed by atoms with Gasteiger partial charge in [-0.1, -0.05) is 19.9 Å². The number of aryl methyl sites for hydroxylation is 1. The number of nitrogens with two attached hydrogens (primary N) is 1. The maximum Gasteiger partial charge on any atom is 0.173 e. The minimum atomic E-state index is -0.218. The SMILES string of the molecule is COc1cc(Oc2ccc(C(C)C)c(C)c2)c(N)c(C(C)=O)c1OC. The summed E-state index contributed by atoms with van der Waals surface area (Å²) in [7, 11) is 2.97. The molecule has 25 heavy (non-hydrogen) atoms. The van der Waals surface area contributed by atoms with E-state index < -0.39 is 0 Å². The van der Waals surface area contributed by atoms with E-state index >= 15 is 0 Å². The number of benzene rings is 2. The topological polar surface area (TPSA) is 70.8 Å². The van der Waals surface area contributed by atoms with Crippen LogP contribution in [-0.4, -0.2) is 20.0 Å². The third kappa shape index (κ3) is 3.71. The molecule has 0 fully saturated rings. The first-order valence-corrected chi connectivity index (χ1v) is 8.13. The summed E-state index contributed by atoms with van der Waals surface area (Å²) in [6.45, 7) is 7.77. The number of rotatable bonds is 6. The fraction of sp³-hybridized carbons (Fsp3) is 0.350. The molecule has 2 aromatic carbocycles. The van der Waals surface area contributed by atoms with Crippen LogP contribution >= 0.6 is 0 Å². The molecule has 5 nitrogen and oxygen atoms in total. The van der Waals surface area contributed by atoms with Gasteiger partial charge in [-0.2, -0.15) is 0 Å². The molecular weight excluding hydrogens is 318 g/mol. The molecule has 0 saturated heterocycles. The lowest BCUT2D eigenvalue weighted by Gasteiger charge is -2.18. The van der Waals surface area contributed by atoms with E-state index in [4.69, 9.17) is 19.9 Å². The fourth-order valence-corrected chi connectivity index (χ4v) is 2.91. The molecule has 0 unspecified atom stereocenters. The highest BCUT2D eigenvalue weighted by Crippen LogP contribution is 2.43. The summed E-state index contributed by atoms with van der Waals surface area (Å²) in [4.78, 5) is 12.0. The second kappa shape index (κ2) is 7.47. The number of methoxy groups -OCH3 is 2. The van der Waals surface area contributed by atoms with Crippen LogP contribution in [0.15, 0.2) is 24.3 Å². The lowest BCUT2D eigenvalue weighted by atomic mass is 9.98. The number of hydrogen-bond acceptors (Lipinski definition) is 5. The van der Waals surface area contributed by atoms with Crippen molar-refractivity contribution in [3.63, 3.8) is 0 Å². The number of carbonyl (C=O) groups excluding carboxylic acids is 1. The lowest BCUT2D eigenvalue weighted by molar-refractivity contribution is 0.101. The van der Waals surface area contributed by atoms with Gasteiger partial charge in [0.1, 0.15) is 5.75 Å². The number of Topliss-reactive ketones (excluding diaryl/α,β-unsaturated/α-hetero) is 1. The van der Waals surface area contributed by atoms with Crippen molar-refractivity contribution in [2.75, 3.05) is 20.0 Å². The Hall–Kier alpha value is -2.69. The predicted molar refractivity (Wildman–Crippen MR) is 99.3 cm³/mol.